The molecule has 1 saturated heterocycles. The molecule has 0 spiro atoms. The van der Waals surface area contributed by atoms with Crippen LogP contribution in [0.25, 0.3) is 0 Å². The van der Waals surface area contributed by atoms with Gasteiger partial charge < -0.3 is 10.2 Å². The molecule has 2 rings (SSSR count). The van der Waals surface area contributed by atoms with E-state index in [1.807, 2.05) is 11.1 Å². The summed E-state index contributed by atoms with van der Waals surface area (Å²) in [6.45, 7) is 6.68. The summed E-state index contributed by atoms with van der Waals surface area (Å²) in [6, 6.07) is 4.45. The van der Waals surface area contributed by atoms with Gasteiger partial charge >= 0.3 is 0 Å². The van der Waals surface area contributed by atoms with E-state index >= 15 is 0 Å². The summed E-state index contributed by atoms with van der Waals surface area (Å²) in [7, 11) is 0. The van der Waals surface area contributed by atoms with Crippen molar-refractivity contribution in [3.63, 3.8) is 0 Å². The molecule has 0 aromatic carbocycles. The molecule has 1 aromatic rings. The topological polar surface area (TPSA) is 45.2 Å². The fraction of sp³-hybridized carbons (Fsp3) is 0.600. The first-order chi connectivity index (χ1) is 9.22. The first kappa shape index (κ1) is 14.0. The molecule has 0 radical (unpaired) electrons. The SMILES string of the molecule is CCCN1CC(NCc2ccc(CC)cn2)CC1=O. The Morgan fingerprint density at radius 2 is 2.26 bits per heavy atom. The highest BCUT2D eigenvalue weighted by molar-refractivity contribution is 5.79. The number of carbonyl (C=O) groups is 1. The monoisotopic (exact) mass is 261 g/mol. The highest BCUT2D eigenvalue weighted by Crippen LogP contribution is 2.12. The molecule has 1 fully saturated rings. The number of nitrogens with one attached hydrogen (secondary N) is 1. The van der Waals surface area contributed by atoms with Crippen molar-refractivity contribution in [3.8, 4) is 0 Å². The molecule has 0 aliphatic carbocycles. The maximum absolute atomic E-state index is 11.7. The molecule has 4 heteroatoms. The van der Waals surface area contributed by atoms with E-state index in [9.17, 15) is 4.79 Å². The van der Waals surface area contributed by atoms with E-state index in [1.165, 1.54) is 5.56 Å². The predicted molar refractivity (Wildman–Crippen MR) is 75.7 cm³/mol. The summed E-state index contributed by atoms with van der Waals surface area (Å²) in [5.74, 6) is 0.272. The van der Waals surface area contributed by atoms with Gasteiger partial charge in [-0.25, -0.2) is 0 Å². The molecular formula is C15H23N3O. The van der Waals surface area contributed by atoms with Crippen molar-refractivity contribution in [2.45, 2.75) is 45.7 Å². The van der Waals surface area contributed by atoms with Crippen molar-refractivity contribution in [2.24, 2.45) is 0 Å². The molecule has 1 amide bonds. The number of aryl methyl sites for hydroxylation is 1. The number of likely N-dealkylation sites (tertiary alicyclic amines) is 1. The number of rotatable bonds is 6. The van der Waals surface area contributed by atoms with Crippen molar-refractivity contribution in [2.75, 3.05) is 13.1 Å². The normalized spacial score (nSPS) is 19.2. The van der Waals surface area contributed by atoms with Gasteiger partial charge in [0.15, 0.2) is 0 Å². The lowest BCUT2D eigenvalue weighted by Crippen LogP contribution is -2.32. The van der Waals surface area contributed by atoms with Gasteiger partial charge in [-0.2, -0.15) is 0 Å². The third-order valence-electron chi connectivity index (χ3n) is 3.57. The Kier molecular flexibility index (Phi) is 4.91. The predicted octanol–water partition coefficient (Wildman–Crippen LogP) is 1.74. The van der Waals surface area contributed by atoms with Crippen LogP contribution in [0.15, 0.2) is 18.3 Å². The minimum absolute atomic E-state index is 0.270. The zero-order chi connectivity index (χ0) is 13.7. The van der Waals surface area contributed by atoms with Crippen molar-refractivity contribution in [3.05, 3.63) is 29.6 Å². The van der Waals surface area contributed by atoms with Gasteiger partial charge in [0.2, 0.25) is 5.91 Å². The van der Waals surface area contributed by atoms with Crippen LogP contribution in [0.3, 0.4) is 0 Å². The average Bonchev–Trinajstić information content (AvgIpc) is 2.78. The van der Waals surface area contributed by atoms with Crippen molar-refractivity contribution in [1.82, 2.24) is 15.2 Å². The van der Waals surface area contributed by atoms with E-state index in [0.717, 1.165) is 38.2 Å². The van der Waals surface area contributed by atoms with E-state index in [1.54, 1.807) is 0 Å². The van der Waals surface area contributed by atoms with Crippen LogP contribution in [0.4, 0.5) is 0 Å². The minimum Gasteiger partial charge on any atom is -0.341 e. The van der Waals surface area contributed by atoms with Crippen LogP contribution < -0.4 is 5.32 Å². The summed E-state index contributed by atoms with van der Waals surface area (Å²) >= 11 is 0. The number of hydrogen-bond acceptors (Lipinski definition) is 3. The Labute approximate surface area is 115 Å². The van der Waals surface area contributed by atoms with Gasteiger partial charge in [-0.15, -0.1) is 0 Å². The summed E-state index contributed by atoms with van der Waals surface area (Å²) < 4.78 is 0. The van der Waals surface area contributed by atoms with Gasteiger partial charge in [0, 0.05) is 38.3 Å². The zero-order valence-electron chi connectivity index (χ0n) is 11.9. The third-order valence-corrected chi connectivity index (χ3v) is 3.57. The largest absolute Gasteiger partial charge is 0.341 e. The molecule has 2 heterocycles. The standard InChI is InChI=1S/C15H23N3O/c1-3-7-18-11-14(8-15(18)19)17-10-13-6-5-12(4-2)9-16-13/h5-6,9,14,17H,3-4,7-8,10-11H2,1-2H3. The van der Waals surface area contributed by atoms with Crippen molar-refractivity contribution in [1.29, 1.82) is 0 Å². The van der Waals surface area contributed by atoms with E-state index in [2.05, 4.69) is 36.3 Å². The van der Waals surface area contributed by atoms with Crippen LogP contribution in [0, 0.1) is 0 Å². The molecule has 1 unspecified atom stereocenters. The molecule has 1 aromatic heterocycles. The molecule has 1 N–H and O–H groups in total. The van der Waals surface area contributed by atoms with E-state index in [-0.39, 0.29) is 11.9 Å². The second kappa shape index (κ2) is 6.66. The summed E-state index contributed by atoms with van der Waals surface area (Å²) in [6.07, 6.45) is 4.59. The second-order valence-electron chi connectivity index (χ2n) is 5.13. The lowest BCUT2D eigenvalue weighted by molar-refractivity contribution is -0.127. The molecule has 1 aliphatic rings. The van der Waals surface area contributed by atoms with Crippen LogP contribution in [0.2, 0.25) is 0 Å². The van der Waals surface area contributed by atoms with E-state index < -0.39 is 0 Å². The van der Waals surface area contributed by atoms with Gasteiger partial charge in [-0.1, -0.05) is 19.9 Å². The fourth-order valence-electron chi connectivity index (χ4n) is 2.41. The van der Waals surface area contributed by atoms with Crippen molar-refractivity contribution >= 4 is 5.91 Å². The minimum atomic E-state index is 0.270. The fourth-order valence-corrected chi connectivity index (χ4v) is 2.41. The van der Waals surface area contributed by atoms with Gasteiger partial charge in [-0.05, 0) is 24.5 Å². The van der Waals surface area contributed by atoms with Crippen LogP contribution in [-0.4, -0.2) is 34.9 Å². The van der Waals surface area contributed by atoms with Gasteiger partial charge in [0.1, 0.15) is 0 Å². The molecule has 104 valence electrons. The molecule has 0 bridgehead atoms. The average molecular weight is 261 g/mol. The smallest absolute Gasteiger partial charge is 0.224 e. The number of aromatic nitrogens is 1. The number of nitrogens with zero attached hydrogens (tertiary/aromatic N) is 2. The maximum Gasteiger partial charge on any atom is 0.224 e. The van der Waals surface area contributed by atoms with E-state index in [4.69, 9.17) is 0 Å². The Morgan fingerprint density at radius 1 is 1.42 bits per heavy atom. The first-order valence-electron chi connectivity index (χ1n) is 7.17. The Hall–Kier alpha value is -1.42. The second-order valence-corrected chi connectivity index (χ2v) is 5.13. The summed E-state index contributed by atoms with van der Waals surface area (Å²) in [5, 5.41) is 3.43. The molecule has 1 aliphatic heterocycles. The maximum atomic E-state index is 11.7. The summed E-state index contributed by atoms with van der Waals surface area (Å²) in [4.78, 5) is 18.1. The van der Waals surface area contributed by atoms with Crippen molar-refractivity contribution < 1.29 is 4.79 Å². The number of hydrogen-bond donors (Lipinski definition) is 1. The Morgan fingerprint density at radius 3 is 2.89 bits per heavy atom. The highest BCUT2D eigenvalue weighted by atomic mass is 16.2. The van der Waals surface area contributed by atoms with Gasteiger partial charge in [-0.3, -0.25) is 9.78 Å². The molecular weight excluding hydrogens is 238 g/mol. The molecule has 4 nitrogen and oxygen atoms in total. The van der Waals surface area contributed by atoms with Crippen LogP contribution >= 0.6 is 0 Å². The number of pyridine rings is 1. The number of carbonyl (C=O) groups excluding carboxylic acids is 1. The lowest BCUT2D eigenvalue weighted by atomic mass is 10.2. The van der Waals surface area contributed by atoms with Gasteiger partial charge in [0.05, 0.1) is 5.69 Å². The lowest BCUT2D eigenvalue weighted by Gasteiger charge is -2.15. The highest BCUT2D eigenvalue weighted by Gasteiger charge is 2.28. The Bertz CT molecular complexity index is 416. The molecule has 1 atom stereocenters. The quantitative estimate of drug-likeness (QED) is 0.848. The third kappa shape index (κ3) is 3.77. The van der Waals surface area contributed by atoms with E-state index in [0.29, 0.717) is 6.42 Å². The number of amides is 1. The van der Waals surface area contributed by atoms with Gasteiger partial charge in [0.25, 0.3) is 0 Å². The summed E-state index contributed by atoms with van der Waals surface area (Å²) in [5.41, 5.74) is 2.30. The van der Waals surface area contributed by atoms with Crippen LogP contribution in [0.5, 0.6) is 0 Å². The Balaban J connectivity index is 1.81. The first-order valence-corrected chi connectivity index (χ1v) is 7.17. The molecule has 19 heavy (non-hydrogen) atoms. The molecule has 0 saturated carbocycles. The van der Waals surface area contributed by atoms with Crippen LogP contribution in [0.1, 0.15) is 37.9 Å². The zero-order valence-corrected chi connectivity index (χ0v) is 11.9. The van der Waals surface area contributed by atoms with Crippen LogP contribution in [-0.2, 0) is 17.8 Å².